The van der Waals surface area contributed by atoms with Gasteiger partial charge in [0, 0.05) is 43.2 Å². The van der Waals surface area contributed by atoms with Gasteiger partial charge >= 0.3 is 0 Å². The first-order valence-electron chi connectivity index (χ1n) is 12.1. The number of nitrogens with two attached hydrogens (primary N) is 1. The molecule has 2 aromatic heterocycles. The molecule has 1 amide bonds. The highest BCUT2D eigenvalue weighted by Gasteiger charge is 2.40. The highest BCUT2D eigenvalue weighted by Crippen LogP contribution is 2.43. The standard InChI is InChI=1S/C25H29ClN8O2/c1-12-9-33(16-5-15(6-16)25(35)29-4)10-19-18(8-27)20(26)7-17(22(19)36-12)14(3)34-24-21(13(2)32-34)23(28)30-11-31-24/h7,11-12,14-16H,5-6,9-10H2,1-4H3,(H,29,35)(H2,28,30,31)/t12-,14-,15?,16?/m1/s1. The molecule has 1 aliphatic carbocycles. The van der Waals surface area contributed by atoms with Crippen molar-refractivity contribution in [2.75, 3.05) is 19.3 Å². The number of benzene rings is 1. The van der Waals surface area contributed by atoms with Crippen LogP contribution in [0.1, 0.15) is 55.1 Å². The summed E-state index contributed by atoms with van der Waals surface area (Å²) in [6.07, 6.45) is 2.87. The molecule has 0 spiro atoms. The third-order valence-electron chi connectivity index (χ3n) is 7.40. The third-order valence-corrected chi connectivity index (χ3v) is 7.70. The molecule has 188 valence electrons. The van der Waals surface area contributed by atoms with E-state index in [2.05, 4.69) is 26.3 Å². The highest BCUT2D eigenvalue weighted by atomic mass is 35.5. The number of aryl methyl sites for hydroxylation is 1. The molecule has 0 radical (unpaired) electrons. The molecule has 0 bridgehead atoms. The average molecular weight is 509 g/mol. The normalized spacial score (nSPS) is 22.6. The second kappa shape index (κ2) is 9.22. The lowest BCUT2D eigenvalue weighted by Gasteiger charge is -2.42. The van der Waals surface area contributed by atoms with Gasteiger partial charge in [0.25, 0.3) is 0 Å². The fraction of sp³-hybridized carbons (Fsp3) is 0.480. The van der Waals surface area contributed by atoms with Crippen LogP contribution in [0.5, 0.6) is 5.75 Å². The van der Waals surface area contributed by atoms with E-state index >= 15 is 0 Å². The molecular weight excluding hydrogens is 480 g/mol. The Morgan fingerprint density at radius 1 is 1.39 bits per heavy atom. The number of amides is 1. The average Bonchev–Trinajstić information content (AvgIpc) is 3.06. The van der Waals surface area contributed by atoms with E-state index in [0.717, 1.165) is 29.7 Å². The number of fused-ring (bicyclic) bond motifs is 2. The van der Waals surface area contributed by atoms with Gasteiger partial charge in [-0.3, -0.25) is 9.69 Å². The van der Waals surface area contributed by atoms with E-state index in [9.17, 15) is 10.1 Å². The van der Waals surface area contributed by atoms with Gasteiger partial charge in [0.1, 0.15) is 30.1 Å². The number of nitrogens with one attached hydrogen (secondary N) is 1. The molecule has 36 heavy (non-hydrogen) atoms. The number of halogens is 1. The van der Waals surface area contributed by atoms with Crippen LogP contribution < -0.4 is 15.8 Å². The Hall–Kier alpha value is -3.42. The van der Waals surface area contributed by atoms with Gasteiger partial charge in [0.2, 0.25) is 5.91 Å². The lowest BCUT2D eigenvalue weighted by atomic mass is 9.78. The van der Waals surface area contributed by atoms with E-state index in [1.165, 1.54) is 6.33 Å². The Labute approximate surface area is 214 Å². The van der Waals surface area contributed by atoms with Crippen molar-refractivity contribution in [3.63, 3.8) is 0 Å². The lowest BCUT2D eigenvalue weighted by molar-refractivity contribution is -0.129. The molecule has 2 atom stereocenters. The molecule has 1 saturated carbocycles. The maximum atomic E-state index is 12.0. The number of nitriles is 1. The summed E-state index contributed by atoms with van der Waals surface area (Å²) in [5.74, 6) is 1.14. The SMILES string of the molecule is CNC(=O)C1CC(N2Cc3c(C#N)c(Cl)cc([C@@H](C)n4nc(C)c5c(N)ncnc54)c3O[C@H](C)C2)C1. The van der Waals surface area contributed by atoms with Crippen LogP contribution in [0.2, 0.25) is 5.02 Å². The number of hydrogen-bond acceptors (Lipinski definition) is 8. The van der Waals surface area contributed by atoms with Crippen LogP contribution in [-0.4, -0.2) is 56.3 Å². The summed E-state index contributed by atoms with van der Waals surface area (Å²) in [6, 6.07) is 4.03. The monoisotopic (exact) mass is 508 g/mol. The molecule has 3 heterocycles. The van der Waals surface area contributed by atoms with Crippen LogP contribution in [0.25, 0.3) is 11.0 Å². The number of anilines is 1. The molecule has 0 unspecified atom stereocenters. The summed E-state index contributed by atoms with van der Waals surface area (Å²) in [6.45, 7) is 7.09. The molecule has 2 aliphatic rings. The third kappa shape index (κ3) is 3.92. The van der Waals surface area contributed by atoms with E-state index in [0.29, 0.717) is 46.3 Å². The van der Waals surface area contributed by atoms with Gasteiger partial charge < -0.3 is 15.8 Å². The summed E-state index contributed by atoms with van der Waals surface area (Å²) in [7, 11) is 1.67. The van der Waals surface area contributed by atoms with Gasteiger partial charge in [-0.1, -0.05) is 11.6 Å². The summed E-state index contributed by atoms with van der Waals surface area (Å²) in [5, 5.41) is 18.5. The Morgan fingerprint density at radius 2 is 2.14 bits per heavy atom. The molecule has 10 nitrogen and oxygen atoms in total. The topological polar surface area (TPSA) is 135 Å². The second-order valence-corrected chi connectivity index (χ2v) is 10.1. The zero-order chi connectivity index (χ0) is 25.7. The highest BCUT2D eigenvalue weighted by molar-refractivity contribution is 6.32. The van der Waals surface area contributed by atoms with Crippen LogP contribution in [0.4, 0.5) is 5.82 Å². The second-order valence-electron chi connectivity index (χ2n) is 9.70. The minimum absolute atomic E-state index is 0.0232. The van der Waals surface area contributed by atoms with E-state index < -0.39 is 0 Å². The molecule has 5 rings (SSSR count). The molecule has 3 N–H and O–H groups in total. The van der Waals surface area contributed by atoms with E-state index in [4.69, 9.17) is 27.2 Å². The molecule has 0 saturated heterocycles. The Bertz CT molecular complexity index is 1390. The largest absolute Gasteiger partial charge is 0.489 e. The van der Waals surface area contributed by atoms with Crippen molar-refractivity contribution in [3.8, 4) is 11.8 Å². The van der Waals surface area contributed by atoms with Crippen molar-refractivity contribution in [1.29, 1.82) is 5.26 Å². The smallest absolute Gasteiger partial charge is 0.222 e. The summed E-state index contributed by atoms with van der Waals surface area (Å²) < 4.78 is 8.29. The van der Waals surface area contributed by atoms with Crippen LogP contribution in [0.3, 0.4) is 0 Å². The Morgan fingerprint density at radius 3 is 2.83 bits per heavy atom. The zero-order valence-corrected chi connectivity index (χ0v) is 21.5. The zero-order valence-electron chi connectivity index (χ0n) is 20.7. The van der Waals surface area contributed by atoms with E-state index in [-0.39, 0.29) is 30.0 Å². The summed E-state index contributed by atoms with van der Waals surface area (Å²) in [4.78, 5) is 22.9. The lowest BCUT2D eigenvalue weighted by Crippen LogP contribution is -2.50. The minimum Gasteiger partial charge on any atom is -0.489 e. The van der Waals surface area contributed by atoms with Crippen LogP contribution in [0.15, 0.2) is 12.4 Å². The van der Waals surface area contributed by atoms with E-state index in [1.54, 1.807) is 17.8 Å². The first-order chi connectivity index (χ1) is 17.2. The number of aromatic nitrogens is 4. The maximum absolute atomic E-state index is 12.0. The first kappa shape index (κ1) is 24.3. The predicted molar refractivity (Wildman–Crippen MR) is 136 cm³/mol. The fourth-order valence-electron chi connectivity index (χ4n) is 5.42. The number of carbonyl (C=O) groups is 1. The summed E-state index contributed by atoms with van der Waals surface area (Å²) >= 11 is 6.67. The molecule has 11 heteroatoms. The van der Waals surface area contributed by atoms with Gasteiger partial charge in [-0.25, -0.2) is 14.6 Å². The van der Waals surface area contributed by atoms with Crippen LogP contribution >= 0.6 is 11.6 Å². The molecular formula is C25H29ClN8O2. The Balaban J connectivity index is 1.57. The van der Waals surface area contributed by atoms with Crippen molar-refractivity contribution in [1.82, 2.24) is 30.0 Å². The van der Waals surface area contributed by atoms with Gasteiger partial charge in [0.05, 0.1) is 27.7 Å². The van der Waals surface area contributed by atoms with Crippen molar-refractivity contribution < 1.29 is 9.53 Å². The molecule has 1 aromatic carbocycles. The van der Waals surface area contributed by atoms with Crippen molar-refractivity contribution in [3.05, 3.63) is 39.8 Å². The number of nitrogen functional groups attached to an aromatic ring is 1. The molecule has 3 aromatic rings. The predicted octanol–water partition coefficient (Wildman–Crippen LogP) is 2.96. The van der Waals surface area contributed by atoms with Crippen LogP contribution in [0, 0.1) is 24.2 Å². The van der Waals surface area contributed by atoms with Gasteiger partial charge in [-0.15, -0.1) is 0 Å². The maximum Gasteiger partial charge on any atom is 0.222 e. The van der Waals surface area contributed by atoms with Crippen molar-refractivity contribution in [2.45, 2.75) is 58.3 Å². The number of rotatable bonds is 4. The quantitative estimate of drug-likeness (QED) is 0.549. The summed E-state index contributed by atoms with van der Waals surface area (Å²) in [5.41, 5.74) is 9.46. The van der Waals surface area contributed by atoms with Crippen molar-refractivity contribution in [2.24, 2.45) is 5.92 Å². The fourth-order valence-corrected chi connectivity index (χ4v) is 5.69. The molecule has 1 aliphatic heterocycles. The first-order valence-corrected chi connectivity index (χ1v) is 12.4. The number of nitrogens with zero attached hydrogens (tertiary/aromatic N) is 6. The number of ether oxygens (including phenoxy) is 1. The van der Waals surface area contributed by atoms with Gasteiger partial charge in [-0.05, 0) is 39.7 Å². The van der Waals surface area contributed by atoms with Crippen molar-refractivity contribution >= 4 is 34.4 Å². The Kier molecular flexibility index (Phi) is 6.22. The number of hydrogen-bond donors (Lipinski definition) is 2. The van der Waals surface area contributed by atoms with E-state index in [1.807, 2.05) is 20.8 Å². The van der Waals surface area contributed by atoms with Crippen LogP contribution in [-0.2, 0) is 11.3 Å². The minimum atomic E-state index is -0.297. The number of carbonyl (C=O) groups excluding carboxylic acids is 1. The van der Waals surface area contributed by atoms with Gasteiger partial charge in [-0.2, -0.15) is 10.4 Å². The molecule has 1 fully saturated rings. The van der Waals surface area contributed by atoms with Gasteiger partial charge in [0.15, 0.2) is 5.65 Å².